The number of ether oxygens (including phenoxy) is 1. The number of pyridine rings is 1. The number of benzene rings is 3. The summed E-state index contributed by atoms with van der Waals surface area (Å²) in [5.74, 6) is 1.82. The highest BCUT2D eigenvalue weighted by Crippen LogP contribution is 2.26. The van der Waals surface area contributed by atoms with Gasteiger partial charge in [-0.1, -0.05) is 61.5 Å². The third-order valence-corrected chi connectivity index (χ3v) is 8.22. The summed E-state index contributed by atoms with van der Waals surface area (Å²) in [5, 5.41) is 11.7. The van der Waals surface area contributed by atoms with E-state index < -0.39 is 6.04 Å². The lowest BCUT2D eigenvalue weighted by Crippen LogP contribution is -2.47. The number of nitrogens with zero attached hydrogens (tertiary/aromatic N) is 3. The average molecular weight is 648 g/mol. The number of hydrogen-bond acceptors (Lipinski definition) is 7. The van der Waals surface area contributed by atoms with Crippen LogP contribution in [0.2, 0.25) is 0 Å². The summed E-state index contributed by atoms with van der Waals surface area (Å²) in [7, 11) is 1.96. The Labute approximate surface area is 282 Å². The van der Waals surface area contributed by atoms with Crippen molar-refractivity contribution in [2.75, 3.05) is 25.1 Å². The number of carbonyl (C=O) groups is 2. The van der Waals surface area contributed by atoms with Gasteiger partial charge in [0.1, 0.15) is 11.9 Å². The van der Waals surface area contributed by atoms with Crippen LogP contribution >= 0.6 is 0 Å². The first-order chi connectivity index (χ1) is 23.4. The van der Waals surface area contributed by atoms with Gasteiger partial charge in [0.25, 0.3) is 5.91 Å². The third kappa shape index (κ3) is 9.19. The predicted octanol–water partition coefficient (Wildman–Crippen LogP) is 5.93. The number of rotatable bonds is 17. The number of aromatic nitrogens is 3. The molecule has 10 heteroatoms. The number of aromatic amines is 1. The lowest BCUT2D eigenvalue weighted by Gasteiger charge is -2.24. The second-order valence-corrected chi connectivity index (χ2v) is 11.9. The van der Waals surface area contributed by atoms with Crippen LogP contribution < -0.4 is 25.6 Å². The minimum atomic E-state index is -0.738. The minimum Gasteiger partial charge on any atom is -0.490 e. The van der Waals surface area contributed by atoms with Crippen molar-refractivity contribution in [1.29, 1.82) is 0 Å². The van der Waals surface area contributed by atoms with Crippen LogP contribution in [0.5, 0.6) is 5.75 Å². The molecule has 0 radical (unpaired) electrons. The number of H-pyrrole nitrogens is 1. The minimum absolute atomic E-state index is 0.227. The number of imidazole rings is 1. The summed E-state index contributed by atoms with van der Waals surface area (Å²) < 4.78 is 5.90. The predicted molar refractivity (Wildman–Crippen MR) is 190 cm³/mol. The number of hydrogen-bond donors (Lipinski definition) is 4. The standard InChI is InChI=1S/C38H45N7O3/c1-4-24-48-34-15-8-20-42-36(34)45(3)23-9-14-33(38(47)43-27(2)31-13-7-11-29-10-5-6-12-32(29)31)44-37(46)30-18-16-28(17-19-30)25-39-26-35-40-21-22-41-35/h5-8,10-13,15-22,27,33,39H,4,9,14,23-26H2,1-3H3,(H,40,41)(H,43,47)(H,44,46)/t27-,33-/m0/s1. The maximum Gasteiger partial charge on any atom is 0.251 e. The molecule has 3 aromatic carbocycles. The van der Waals surface area contributed by atoms with Gasteiger partial charge in [-0.15, -0.1) is 0 Å². The topological polar surface area (TPSA) is 124 Å². The van der Waals surface area contributed by atoms with Gasteiger partial charge < -0.3 is 30.6 Å². The average Bonchev–Trinajstić information content (AvgIpc) is 3.64. The molecule has 0 aliphatic rings. The van der Waals surface area contributed by atoms with Crippen molar-refractivity contribution >= 4 is 28.4 Å². The third-order valence-electron chi connectivity index (χ3n) is 8.22. The summed E-state index contributed by atoms with van der Waals surface area (Å²) in [6.45, 7) is 6.52. The zero-order valence-corrected chi connectivity index (χ0v) is 27.9. The molecule has 10 nitrogen and oxygen atoms in total. The maximum atomic E-state index is 13.8. The molecule has 5 aromatic rings. The van der Waals surface area contributed by atoms with Crippen LogP contribution in [0.3, 0.4) is 0 Å². The molecule has 0 bridgehead atoms. The van der Waals surface area contributed by atoms with E-state index in [0.717, 1.165) is 45.7 Å². The van der Waals surface area contributed by atoms with E-state index >= 15 is 0 Å². The van der Waals surface area contributed by atoms with Gasteiger partial charge in [-0.3, -0.25) is 9.59 Å². The van der Waals surface area contributed by atoms with Gasteiger partial charge in [0, 0.05) is 44.3 Å². The van der Waals surface area contributed by atoms with Gasteiger partial charge in [-0.2, -0.15) is 0 Å². The van der Waals surface area contributed by atoms with Crippen molar-refractivity contribution in [1.82, 2.24) is 30.9 Å². The Morgan fingerprint density at radius 3 is 2.52 bits per heavy atom. The Kier molecular flexibility index (Phi) is 12.1. The van der Waals surface area contributed by atoms with E-state index in [1.54, 1.807) is 30.7 Å². The van der Waals surface area contributed by atoms with Crippen LogP contribution in [0.1, 0.15) is 66.5 Å². The second kappa shape index (κ2) is 17.1. The molecule has 0 saturated heterocycles. The van der Waals surface area contributed by atoms with Crippen LogP contribution in [0.4, 0.5) is 5.82 Å². The molecule has 250 valence electrons. The van der Waals surface area contributed by atoms with Crippen molar-refractivity contribution in [2.45, 2.75) is 58.3 Å². The highest BCUT2D eigenvalue weighted by molar-refractivity contribution is 5.97. The molecule has 48 heavy (non-hydrogen) atoms. The zero-order chi connectivity index (χ0) is 33.7. The molecule has 0 fully saturated rings. The van der Waals surface area contributed by atoms with Crippen molar-refractivity contribution in [3.05, 3.63) is 120 Å². The van der Waals surface area contributed by atoms with Gasteiger partial charge in [0.05, 0.1) is 19.2 Å². The summed E-state index contributed by atoms with van der Waals surface area (Å²) >= 11 is 0. The van der Waals surface area contributed by atoms with E-state index in [-0.39, 0.29) is 17.9 Å². The number of amides is 2. The normalized spacial score (nSPS) is 12.3. The van der Waals surface area contributed by atoms with Gasteiger partial charge in [-0.25, -0.2) is 9.97 Å². The fourth-order valence-electron chi connectivity index (χ4n) is 5.66. The number of anilines is 1. The van der Waals surface area contributed by atoms with Crippen LogP contribution in [0, 0.1) is 0 Å². The fraction of sp³-hybridized carbons (Fsp3) is 0.316. The zero-order valence-electron chi connectivity index (χ0n) is 27.9. The van der Waals surface area contributed by atoms with E-state index in [9.17, 15) is 9.59 Å². The van der Waals surface area contributed by atoms with E-state index in [1.165, 1.54) is 0 Å². The van der Waals surface area contributed by atoms with Gasteiger partial charge in [0.15, 0.2) is 11.6 Å². The molecule has 2 aromatic heterocycles. The summed E-state index contributed by atoms with van der Waals surface area (Å²) in [4.78, 5) is 41.2. The molecule has 4 N–H and O–H groups in total. The monoisotopic (exact) mass is 647 g/mol. The summed E-state index contributed by atoms with van der Waals surface area (Å²) in [6.07, 6.45) is 7.24. The van der Waals surface area contributed by atoms with Gasteiger partial charge >= 0.3 is 0 Å². The molecule has 0 aliphatic heterocycles. The lowest BCUT2D eigenvalue weighted by atomic mass is 9.99. The first kappa shape index (κ1) is 34.1. The molecule has 2 atom stereocenters. The molecule has 0 unspecified atom stereocenters. The van der Waals surface area contributed by atoms with E-state index in [0.29, 0.717) is 44.6 Å². The second-order valence-electron chi connectivity index (χ2n) is 11.9. The van der Waals surface area contributed by atoms with E-state index in [4.69, 9.17) is 4.74 Å². The van der Waals surface area contributed by atoms with E-state index in [1.807, 2.05) is 67.4 Å². The summed E-state index contributed by atoms with van der Waals surface area (Å²) in [5.41, 5.74) is 2.56. The van der Waals surface area contributed by atoms with Crippen LogP contribution in [0.15, 0.2) is 97.5 Å². The van der Waals surface area contributed by atoms with Crippen LogP contribution in [0.25, 0.3) is 10.8 Å². The molecule has 0 saturated carbocycles. The van der Waals surface area contributed by atoms with E-state index in [2.05, 4.69) is 56.0 Å². The number of fused-ring (bicyclic) bond motifs is 1. The van der Waals surface area contributed by atoms with Crippen molar-refractivity contribution in [2.24, 2.45) is 0 Å². The molecular weight excluding hydrogens is 602 g/mol. The van der Waals surface area contributed by atoms with Crippen LogP contribution in [-0.4, -0.2) is 53.0 Å². The Bertz CT molecular complexity index is 1750. The molecule has 0 spiro atoms. The van der Waals surface area contributed by atoms with Gasteiger partial charge in [0.2, 0.25) is 5.91 Å². The fourth-order valence-corrected chi connectivity index (χ4v) is 5.66. The molecule has 2 amide bonds. The van der Waals surface area contributed by atoms with Crippen molar-refractivity contribution in [3.63, 3.8) is 0 Å². The highest BCUT2D eigenvalue weighted by atomic mass is 16.5. The van der Waals surface area contributed by atoms with Gasteiger partial charge in [-0.05, 0) is 72.4 Å². The first-order valence-electron chi connectivity index (χ1n) is 16.6. The smallest absolute Gasteiger partial charge is 0.251 e. The quantitative estimate of drug-likeness (QED) is 0.0987. The van der Waals surface area contributed by atoms with Crippen molar-refractivity contribution in [3.8, 4) is 5.75 Å². The molecule has 2 heterocycles. The molecule has 0 aliphatic carbocycles. The molecular formula is C38H45N7O3. The van der Waals surface area contributed by atoms with Crippen molar-refractivity contribution < 1.29 is 14.3 Å². The molecule has 5 rings (SSSR count). The largest absolute Gasteiger partial charge is 0.490 e. The Hall–Kier alpha value is -5.22. The Balaban J connectivity index is 1.25. The highest BCUT2D eigenvalue weighted by Gasteiger charge is 2.24. The van der Waals surface area contributed by atoms with Crippen LogP contribution in [-0.2, 0) is 17.9 Å². The Morgan fingerprint density at radius 2 is 1.73 bits per heavy atom. The Morgan fingerprint density at radius 1 is 0.917 bits per heavy atom. The first-order valence-corrected chi connectivity index (χ1v) is 16.6. The number of carbonyl (C=O) groups excluding carboxylic acids is 2. The lowest BCUT2D eigenvalue weighted by molar-refractivity contribution is -0.123. The summed E-state index contributed by atoms with van der Waals surface area (Å²) in [6, 6.07) is 24.4. The number of nitrogens with one attached hydrogen (secondary N) is 4. The SMILES string of the molecule is CCCOc1cccnc1N(C)CCC[C@H](NC(=O)c1ccc(CNCc2ncc[nH]2)cc1)C(=O)N[C@@H](C)c1cccc2ccccc12. The maximum absolute atomic E-state index is 13.8.